The molecule has 0 unspecified atom stereocenters. The minimum atomic E-state index is -0.936. The first-order valence-corrected chi connectivity index (χ1v) is 10.2. The number of nitrogens with zero attached hydrogens (tertiary/aromatic N) is 1. The highest BCUT2D eigenvalue weighted by molar-refractivity contribution is 6.06. The maximum absolute atomic E-state index is 13.1. The van der Waals surface area contributed by atoms with Crippen LogP contribution in [0.2, 0.25) is 0 Å². The average Bonchev–Trinajstić information content (AvgIpc) is 2.69. The molecule has 0 radical (unpaired) electrons. The van der Waals surface area contributed by atoms with Gasteiger partial charge in [-0.3, -0.25) is 9.78 Å². The smallest absolute Gasteiger partial charge is 0.339 e. The second-order valence-electron chi connectivity index (χ2n) is 7.74. The third-order valence-electron chi connectivity index (χ3n) is 5.35. The first-order valence-electron chi connectivity index (χ1n) is 10.2. The number of para-hydroxylation sites is 1. The number of benzene rings is 2. The number of hydrogen-bond donors (Lipinski definition) is 1. The summed E-state index contributed by atoms with van der Waals surface area (Å²) in [5, 5.41) is 3.64. The summed E-state index contributed by atoms with van der Waals surface area (Å²) in [7, 11) is 0. The Kier molecular flexibility index (Phi) is 6.20. The van der Waals surface area contributed by atoms with Crippen molar-refractivity contribution in [1.29, 1.82) is 0 Å². The lowest BCUT2D eigenvalue weighted by atomic mass is 10.0. The van der Waals surface area contributed by atoms with Crippen LogP contribution in [0, 0.1) is 27.7 Å². The lowest BCUT2D eigenvalue weighted by molar-refractivity contribution is -0.123. The number of aryl methyl sites for hydroxylation is 4. The van der Waals surface area contributed by atoms with Crippen LogP contribution in [0.1, 0.15) is 52.2 Å². The van der Waals surface area contributed by atoms with Crippen molar-refractivity contribution in [1.82, 2.24) is 4.98 Å². The molecular weight excluding hydrogens is 376 g/mol. The third-order valence-corrected chi connectivity index (χ3v) is 5.35. The van der Waals surface area contributed by atoms with Gasteiger partial charge < -0.3 is 10.1 Å². The van der Waals surface area contributed by atoms with E-state index in [0.29, 0.717) is 12.0 Å². The second kappa shape index (κ2) is 8.66. The lowest BCUT2D eigenvalue weighted by Crippen LogP contribution is -2.31. The van der Waals surface area contributed by atoms with Crippen molar-refractivity contribution in [3.63, 3.8) is 0 Å². The maximum Gasteiger partial charge on any atom is 0.339 e. The van der Waals surface area contributed by atoms with Crippen LogP contribution >= 0.6 is 0 Å². The van der Waals surface area contributed by atoms with E-state index in [2.05, 4.69) is 10.3 Å². The number of pyridine rings is 1. The molecule has 1 amide bonds. The maximum atomic E-state index is 13.1. The summed E-state index contributed by atoms with van der Waals surface area (Å²) in [4.78, 5) is 30.4. The fourth-order valence-corrected chi connectivity index (χ4v) is 3.84. The molecule has 0 spiro atoms. The number of carbonyl (C=O) groups is 2. The van der Waals surface area contributed by atoms with Gasteiger partial charge in [0.15, 0.2) is 6.10 Å². The standard InChI is InChI=1S/C25H28N2O3/c1-7-20-17(5)22(19-10-8-9-11-21(19)26-20)25(29)30-18(6)24(28)27-23-15(3)12-14(2)13-16(23)4/h8-13,18H,7H2,1-6H3,(H,27,28)/t18-/m1/s1. The molecule has 3 rings (SSSR count). The number of anilines is 1. The van der Waals surface area contributed by atoms with Gasteiger partial charge in [-0.05, 0) is 63.8 Å². The number of esters is 1. The van der Waals surface area contributed by atoms with Gasteiger partial charge in [-0.25, -0.2) is 4.79 Å². The Balaban J connectivity index is 1.86. The molecule has 0 saturated heterocycles. The van der Waals surface area contributed by atoms with E-state index < -0.39 is 12.1 Å². The van der Waals surface area contributed by atoms with Crippen molar-refractivity contribution in [2.45, 2.75) is 54.1 Å². The number of rotatable bonds is 5. The fraction of sp³-hybridized carbons (Fsp3) is 0.320. The van der Waals surface area contributed by atoms with Crippen LogP contribution in [0.15, 0.2) is 36.4 Å². The SMILES string of the molecule is CCc1nc2ccccc2c(C(=O)O[C@H](C)C(=O)Nc2c(C)cc(C)cc2C)c1C. The van der Waals surface area contributed by atoms with E-state index in [1.807, 2.05) is 71.0 Å². The van der Waals surface area contributed by atoms with Gasteiger partial charge in [-0.2, -0.15) is 0 Å². The van der Waals surface area contributed by atoms with Gasteiger partial charge in [0.25, 0.3) is 5.91 Å². The van der Waals surface area contributed by atoms with Gasteiger partial charge in [-0.15, -0.1) is 0 Å². The van der Waals surface area contributed by atoms with Crippen molar-refractivity contribution in [2.75, 3.05) is 5.32 Å². The fourth-order valence-electron chi connectivity index (χ4n) is 3.84. The molecule has 3 aromatic rings. The highest BCUT2D eigenvalue weighted by atomic mass is 16.5. The van der Waals surface area contributed by atoms with Gasteiger partial charge in [0.05, 0.1) is 11.1 Å². The Morgan fingerprint density at radius 1 is 1.07 bits per heavy atom. The predicted octanol–water partition coefficient (Wildman–Crippen LogP) is 5.21. The minimum Gasteiger partial charge on any atom is -0.449 e. The van der Waals surface area contributed by atoms with Crippen LogP contribution in [0.3, 0.4) is 0 Å². The van der Waals surface area contributed by atoms with E-state index in [1.54, 1.807) is 6.92 Å². The van der Waals surface area contributed by atoms with E-state index in [0.717, 1.165) is 44.5 Å². The number of carbonyl (C=O) groups excluding carboxylic acids is 2. The molecule has 0 aliphatic rings. The Morgan fingerprint density at radius 3 is 2.33 bits per heavy atom. The van der Waals surface area contributed by atoms with E-state index in [9.17, 15) is 9.59 Å². The molecule has 156 valence electrons. The average molecular weight is 405 g/mol. The summed E-state index contributed by atoms with van der Waals surface area (Å²) in [5.74, 6) is -0.870. The quantitative estimate of drug-likeness (QED) is 0.592. The van der Waals surface area contributed by atoms with Crippen LogP contribution < -0.4 is 5.32 Å². The number of hydrogen-bond acceptors (Lipinski definition) is 4. The first kappa shape index (κ1) is 21.5. The monoisotopic (exact) mass is 404 g/mol. The van der Waals surface area contributed by atoms with Crippen LogP contribution in [-0.4, -0.2) is 23.0 Å². The van der Waals surface area contributed by atoms with Crippen molar-refractivity contribution < 1.29 is 14.3 Å². The van der Waals surface area contributed by atoms with Crippen molar-refractivity contribution >= 4 is 28.5 Å². The summed E-state index contributed by atoms with van der Waals surface area (Å²) < 4.78 is 5.58. The number of ether oxygens (including phenoxy) is 1. The van der Waals surface area contributed by atoms with Crippen LogP contribution in [0.5, 0.6) is 0 Å². The molecule has 1 aromatic heterocycles. The topological polar surface area (TPSA) is 68.3 Å². The first-order chi connectivity index (χ1) is 14.2. The summed E-state index contributed by atoms with van der Waals surface area (Å²) in [6.07, 6.45) is -0.229. The highest BCUT2D eigenvalue weighted by Crippen LogP contribution is 2.26. The summed E-state index contributed by atoms with van der Waals surface area (Å²) in [6, 6.07) is 11.5. The minimum absolute atomic E-state index is 0.356. The third kappa shape index (κ3) is 4.20. The number of amides is 1. The summed E-state index contributed by atoms with van der Waals surface area (Å²) in [5.41, 5.74) is 6.70. The van der Waals surface area contributed by atoms with Gasteiger partial charge in [0, 0.05) is 16.8 Å². The Bertz CT molecular complexity index is 1110. The van der Waals surface area contributed by atoms with Gasteiger partial charge in [-0.1, -0.05) is 42.8 Å². The molecule has 1 atom stereocenters. The number of nitrogens with one attached hydrogen (secondary N) is 1. The molecule has 0 aliphatic carbocycles. The Hall–Kier alpha value is -3.21. The molecule has 5 nitrogen and oxygen atoms in total. The lowest BCUT2D eigenvalue weighted by Gasteiger charge is -2.18. The molecule has 5 heteroatoms. The molecule has 0 aliphatic heterocycles. The largest absolute Gasteiger partial charge is 0.449 e. The normalized spacial score (nSPS) is 11.9. The molecule has 0 fully saturated rings. The van der Waals surface area contributed by atoms with Crippen molar-refractivity contribution in [3.8, 4) is 0 Å². The van der Waals surface area contributed by atoms with Gasteiger partial charge >= 0.3 is 5.97 Å². The van der Waals surface area contributed by atoms with Crippen LogP contribution in [-0.2, 0) is 16.0 Å². The zero-order valence-corrected chi connectivity index (χ0v) is 18.4. The number of aromatic nitrogens is 1. The molecule has 2 aromatic carbocycles. The molecular formula is C25H28N2O3. The van der Waals surface area contributed by atoms with E-state index in [-0.39, 0.29) is 5.91 Å². The van der Waals surface area contributed by atoms with E-state index >= 15 is 0 Å². The predicted molar refractivity (Wildman–Crippen MR) is 120 cm³/mol. The van der Waals surface area contributed by atoms with Gasteiger partial charge in [0.1, 0.15) is 0 Å². The molecule has 30 heavy (non-hydrogen) atoms. The number of fused-ring (bicyclic) bond motifs is 1. The van der Waals surface area contributed by atoms with Crippen LogP contribution in [0.4, 0.5) is 5.69 Å². The van der Waals surface area contributed by atoms with Crippen molar-refractivity contribution in [3.05, 3.63) is 69.9 Å². The van der Waals surface area contributed by atoms with Crippen molar-refractivity contribution in [2.24, 2.45) is 0 Å². The van der Waals surface area contributed by atoms with Gasteiger partial charge in [0.2, 0.25) is 0 Å². The van der Waals surface area contributed by atoms with Crippen LogP contribution in [0.25, 0.3) is 10.9 Å². The van der Waals surface area contributed by atoms with E-state index in [1.165, 1.54) is 0 Å². The Morgan fingerprint density at radius 2 is 1.70 bits per heavy atom. The molecule has 0 bridgehead atoms. The summed E-state index contributed by atoms with van der Waals surface area (Å²) in [6.45, 7) is 11.4. The molecule has 0 saturated carbocycles. The zero-order valence-electron chi connectivity index (χ0n) is 18.4. The molecule has 1 heterocycles. The highest BCUT2D eigenvalue weighted by Gasteiger charge is 2.24. The zero-order chi connectivity index (χ0) is 22.0. The second-order valence-corrected chi connectivity index (χ2v) is 7.74. The Labute approximate surface area is 177 Å². The summed E-state index contributed by atoms with van der Waals surface area (Å²) >= 11 is 0. The molecule has 1 N–H and O–H groups in total. The van der Waals surface area contributed by atoms with E-state index in [4.69, 9.17) is 4.74 Å².